The Balaban J connectivity index is 1.32. The van der Waals surface area contributed by atoms with E-state index in [1.165, 1.54) is 24.6 Å². The van der Waals surface area contributed by atoms with Gasteiger partial charge in [-0.1, -0.05) is 12.1 Å². The summed E-state index contributed by atoms with van der Waals surface area (Å²) in [4.78, 5) is 15.6. The van der Waals surface area contributed by atoms with Crippen LogP contribution in [-0.2, 0) is 13.0 Å². The smallest absolute Gasteiger partial charge is 0.336 e. The Labute approximate surface area is 175 Å². The highest BCUT2D eigenvalue weighted by Crippen LogP contribution is 2.39. The minimum atomic E-state index is -0.898. The van der Waals surface area contributed by atoms with Crippen LogP contribution in [0.1, 0.15) is 53.1 Å². The van der Waals surface area contributed by atoms with Crippen LogP contribution in [0, 0.1) is 5.92 Å². The van der Waals surface area contributed by atoms with Crippen LogP contribution in [0.25, 0.3) is 11.3 Å². The number of pyridine rings is 1. The molecule has 1 N–H and O–H groups in total. The second kappa shape index (κ2) is 7.94. The van der Waals surface area contributed by atoms with E-state index in [-0.39, 0.29) is 0 Å². The van der Waals surface area contributed by atoms with E-state index in [0.717, 1.165) is 47.9 Å². The van der Waals surface area contributed by atoms with Crippen LogP contribution in [0.5, 0.6) is 5.75 Å². The Morgan fingerprint density at radius 1 is 1.20 bits per heavy atom. The first-order valence-electron chi connectivity index (χ1n) is 10.6. The van der Waals surface area contributed by atoms with E-state index in [0.29, 0.717) is 24.5 Å². The second-order valence-corrected chi connectivity index (χ2v) is 8.33. The van der Waals surface area contributed by atoms with Crippen molar-refractivity contribution in [1.29, 1.82) is 0 Å². The average Bonchev–Trinajstić information content (AvgIpc) is 3.46. The van der Waals surface area contributed by atoms with Gasteiger partial charge >= 0.3 is 5.97 Å². The monoisotopic (exact) mass is 403 g/mol. The van der Waals surface area contributed by atoms with E-state index < -0.39 is 5.97 Å². The summed E-state index contributed by atoms with van der Waals surface area (Å²) >= 11 is 0. The highest BCUT2D eigenvalue weighted by atomic mass is 16.5. The predicted octanol–water partition coefficient (Wildman–Crippen LogP) is 4.55. The Morgan fingerprint density at radius 2 is 2.10 bits per heavy atom. The Kier molecular flexibility index (Phi) is 4.99. The summed E-state index contributed by atoms with van der Waals surface area (Å²) in [6, 6.07) is 10.0. The van der Waals surface area contributed by atoms with Gasteiger partial charge in [-0.3, -0.25) is 9.67 Å². The van der Waals surface area contributed by atoms with Gasteiger partial charge in [0, 0.05) is 30.7 Å². The highest BCUT2D eigenvalue weighted by molar-refractivity contribution is 5.89. The molecule has 1 aliphatic carbocycles. The second-order valence-electron chi connectivity index (χ2n) is 8.33. The van der Waals surface area contributed by atoms with Crippen molar-refractivity contribution in [2.75, 3.05) is 6.61 Å². The average molecular weight is 403 g/mol. The predicted molar refractivity (Wildman–Crippen MR) is 113 cm³/mol. The molecule has 1 aromatic carbocycles. The van der Waals surface area contributed by atoms with Crippen LogP contribution in [-0.4, -0.2) is 32.4 Å². The lowest BCUT2D eigenvalue weighted by Gasteiger charge is -2.26. The SMILES string of the molecule is O=C(O)c1ccncc1CC[C@H]1CCOc2cc(-c3ccn(CC4CC4)n3)ccc21. The summed E-state index contributed by atoms with van der Waals surface area (Å²) in [7, 11) is 0. The van der Waals surface area contributed by atoms with Crippen LogP contribution >= 0.6 is 0 Å². The first-order chi connectivity index (χ1) is 14.7. The maximum Gasteiger partial charge on any atom is 0.336 e. The number of benzene rings is 1. The standard InChI is InChI=1S/C24H25N3O3/c28-24(29)21-7-10-25-14-19(21)4-3-17-9-12-30-23-13-18(5-6-20(17)23)22-8-11-27(26-22)15-16-1-2-16/h5-8,10-11,13-14,16-17H,1-4,9,12,15H2,(H,28,29)/t17-/m0/s1. The molecule has 0 spiro atoms. The van der Waals surface area contributed by atoms with E-state index in [2.05, 4.69) is 35.4 Å². The Bertz CT molecular complexity index is 1070. The number of aryl methyl sites for hydroxylation is 1. The molecular formula is C24H25N3O3. The van der Waals surface area contributed by atoms with Gasteiger partial charge in [-0.15, -0.1) is 0 Å². The van der Waals surface area contributed by atoms with Gasteiger partial charge in [0.25, 0.3) is 0 Å². The summed E-state index contributed by atoms with van der Waals surface area (Å²) in [5.74, 6) is 1.17. The van der Waals surface area contributed by atoms with Crippen LogP contribution < -0.4 is 4.74 Å². The van der Waals surface area contributed by atoms with Crippen LogP contribution in [0.4, 0.5) is 0 Å². The molecule has 30 heavy (non-hydrogen) atoms. The first kappa shape index (κ1) is 18.9. The number of nitrogens with zero attached hydrogens (tertiary/aromatic N) is 3. The van der Waals surface area contributed by atoms with Crippen molar-refractivity contribution < 1.29 is 14.6 Å². The van der Waals surface area contributed by atoms with Crippen molar-refractivity contribution in [3.63, 3.8) is 0 Å². The van der Waals surface area contributed by atoms with E-state index in [1.54, 1.807) is 12.3 Å². The van der Waals surface area contributed by atoms with E-state index in [9.17, 15) is 9.90 Å². The number of fused-ring (bicyclic) bond motifs is 1. The maximum atomic E-state index is 11.5. The Hall–Kier alpha value is -3.15. The number of ether oxygens (including phenoxy) is 1. The number of carbonyl (C=O) groups is 1. The van der Waals surface area contributed by atoms with Gasteiger partial charge in [-0.05, 0) is 73.3 Å². The number of hydrogen-bond donors (Lipinski definition) is 1. The molecule has 0 radical (unpaired) electrons. The Morgan fingerprint density at radius 3 is 2.93 bits per heavy atom. The molecule has 5 rings (SSSR count). The normalized spacial score (nSPS) is 17.9. The summed E-state index contributed by atoms with van der Waals surface area (Å²) in [5, 5.41) is 14.1. The molecule has 2 aromatic heterocycles. The third-order valence-corrected chi connectivity index (χ3v) is 6.15. The zero-order valence-corrected chi connectivity index (χ0v) is 16.8. The van der Waals surface area contributed by atoms with Crippen molar-refractivity contribution in [2.24, 2.45) is 5.92 Å². The maximum absolute atomic E-state index is 11.5. The topological polar surface area (TPSA) is 77.2 Å². The van der Waals surface area contributed by atoms with Gasteiger partial charge in [0.2, 0.25) is 0 Å². The van der Waals surface area contributed by atoms with E-state index in [1.807, 2.05) is 4.68 Å². The summed E-state index contributed by atoms with van der Waals surface area (Å²) < 4.78 is 8.02. The van der Waals surface area contributed by atoms with Gasteiger partial charge in [-0.25, -0.2) is 4.79 Å². The summed E-state index contributed by atoms with van der Waals surface area (Å²) in [6.07, 6.45) is 10.4. The summed E-state index contributed by atoms with van der Waals surface area (Å²) in [5.41, 5.74) is 4.38. The summed E-state index contributed by atoms with van der Waals surface area (Å²) in [6.45, 7) is 1.69. The van der Waals surface area contributed by atoms with E-state index >= 15 is 0 Å². The van der Waals surface area contributed by atoms with Crippen molar-refractivity contribution in [2.45, 2.75) is 44.6 Å². The molecule has 3 aromatic rings. The molecule has 0 bridgehead atoms. The number of aromatic nitrogens is 3. The van der Waals surface area contributed by atoms with Crippen LogP contribution in [0.2, 0.25) is 0 Å². The number of carboxylic acid groups (broad SMARTS) is 1. The van der Waals surface area contributed by atoms with Gasteiger partial charge in [0.1, 0.15) is 5.75 Å². The van der Waals surface area contributed by atoms with Gasteiger partial charge in [0.05, 0.1) is 17.9 Å². The molecule has 0 unspecified atom stereocenters. The van der Waals surface area contributed by atoms with Crippen LogP contribution in [0.15, 0.2) is 48.9 Å². The fraction of sp³-hybridized carbons (Fsp3) is 0.375. The van der Waals surface area contributed by atoms with Gasteiger partial charge in [-0.2, -0.15) is 5.10 Å². The molecule has 1 fully saturated rings. The largest absolute Gasteiger partial charge is 0.493 e. The number of hydrogen-bond acceptors (Lipinski definition) is 4. The molecule has 0 saturated heterocycles. The van der Waals surface area contributed by atoms with Crippen molar-refractivity contribution in [1.82, 2.24) is 14.8 Å². The minimum Gasteiger partial charge on any atom is -0.493 e. The lowest BCUT2D eigenvalue weighted by molar-refractivity contribution is 0.0695. The molecule has 0 amide bonds. The van der Waals surface area contributed by atoms with Gasteiger partial charge in [0.15, 0.2) is 0 Å². The fourth-order valence-corrected chi connectivity index (χ4v) is 4.27. The highest BCUT2D eigenvalue weighted by Gasteiger charge is 2.24. The fourth-order valence-electron chi connectivity index (χ4n) is 4.27. The number of aromatic carboxylic acids is 1. The molecule has 2 aliphatic rings. The van der Waals surface area contributed by atoms with Crippen molar-refractivity contribution >= 4 is 5.97 Å². The van der Waals surface area contributed by atoms with Gasteiger partial charge < -0.3 is 9.84 Å². The zero-order chi connectivity index (χ0) is 20.5. The molecule has 154 valence electrons. The zero-order valence-electron chi connectivity index (χ0n) is 16.8. The lowest BCUT2D eigenvalue weighted by Crippen LogP contribution is -2.15. The van der Waals surface area contributed by atoms with E-state index in [4.69, 9.17) is 9.84 Å². The molecule has 1 saturated carbocycles. The third-order valence-electron chi connectivity index (χ3n) is 6.15. The van der Waals surface area contributed by atoms with Crippen molar-refractivity contribution in [3.05, 3.63) is 65.6 Å². The molecule has 6 nitrogen and oxygen atoms in total. The lowest BCUT2D eigenvalue weighted by atomic mass is 9.86. The molecule has 6 heteroatoms. The first-order valence-corrected chi connectivity index (χ1v) is 10.6. The molecular weight excluding hydrogens is 378 g/mol. The molecule has 3 heterocycles. The minimum absolute atomic E-state index is 0.342. The van der Waals surface area contributed by atoms with Crippen LogP contribution in [0.3, 0.4) is 0 Å². The van der Waals surface area contributed by atoms with Crippen molar-refractivity contribution in [3.8, 4) is 17.0 Å². The molecule has 1 aliphatic heterocycles. The third kappa shape index (κ3) is 3.95. The molecule has 1 atom stereocenters. The number of rotatable bonds is 7. The quantitative estimate of drug-likeness (QED) is 0.626. The number of carboxylic acids is 1.